The maximum atomic E-state index is 14.3. The molecule has 2 aliphatic heterocycles. The summed E-state index contributed by atoms with van der Waals surface area (Å²) >= 11 is 0. The van der Waals surface area contributed by atoms with Gasteiger partial charge in [-0.05, 0) is 102 Å². The Kier molecular flexibility index (Phi) is 17.2. The highest BCUT2D eigenvalue weighted by molar-refractivity contribution is 5.90. The minimum atomic E-state index is -2.04. The second kappa shape index (κ2) is 21.1. The third-order valence-electron chi connectivity index (χ3n) is 12.3. The molecule has 2 aliphatic rings. The van der Waals surface area contributed by atoms with Crippen LogP contribution in [-0.4, -0.2) is 125 Å². The number of carbonyl (C=O) groups is 2. The lowest BCUT2D eigenvalue weighted by atomic mass is 9.73. The monoisotopic (exact) mass is 863 g/mol. The lowest BCUT2D eigenvalue weighted by Crippen LogP contribution is -2.60. The number of methoxy groups -OCH3 is 1. The van der Waals surface area contributed by atoms with Gasteiger partial charge in [-0.2, -0.15) is 10.2 Å². The van der Waals surface area contributed by atoms with Crippen molar-refractivity contribution in [3.05, 3.63) is 71.0 Å². The quantitative estimate of drug-likeness (QED) is 0.154. The van der Waals surface area contributed by atoms with Gasteiger partial charge < -0.3 is 43.9 Å². The normalized spacial score (nSPS) is 36.5. The summed E-state index contributed by atoms with van der Waals surface area (Å²) in [6.45, 7) is 13.3. The van der Waals surface area contributed by atoms with Crippen LogP contribution in [-0.2, 0) is 39.7 Å². The van der Waals surface area contributed by atoms with Gasteiger partial charge in [0, 0.05) is 36.8 Å². The van der Waals surface area contributed by atoms with E-state index in [0.29, 0.717) is 23.8 Å². The van der Waals surface area contributed by atoms with E-state index in [1.165, 1.54) is 51.4 Å². The average Bonchev–Trinajstić information content (AvgIpc) is 3.19. The molecule has 340 valence electrons. The fraction of sp³-hybridized carbons (Fsp3) is 0.644. The van der Waals surface area contributed by atoms with Gasteiger partial charge in [0.2, 0.25) is 0 Å². The fourth-order valence-corrected chi connectivity index (χ4v) is 8.77. The molecule has 0 spiro atoms. The molecule has 14 atom stereocenters. The first kappa shape index (κ1) is 49.9. The standard InChI is InChI=1S/C45H64F3N3O10/c1-12-35-45(8,56)40(54)26(4)37(50-49-23-29-13-15-31(46)16-14-29)24(2)22-44(7,57-11)41(61-43-38(53)34(51(9)10)17-25(3)58-43)27(5)39(28(6)42(55)59-35)60-36(52)20-30-18-32(47)21-33(48)19-30/h13-16,18-19,21,23-28,34-35,38-41,43,53-54,56H,12,17,20,22H2,1-11H3. The lowest BCUT2D eigenvalue weighted by Gasteiger charge is -2.48. The first-order valence-electron chi connectivity index (χ1n) is 20.8. The summed E-state index contributed by atoms with van der Waals surface area (Å²) in [5, 5.41) is 44.5. The summed E-state index contributed by atoms with van der Waals surface area (Å²) in [6.07, 6.45) is -6.53. The smallest absolute Gasteiger partial charge is 0.312 e. The topological polar surface area (TPSA) is 169 Å². The van der Waals surface area contributed by atoms with Gasteiger partial charge in [-0.25, -0.2) is 13.2 Å². The molecule has 16 heteroatoms. The van der Waals surface area contributed by atoms with Crippen LogP contribution >= 0.6 is 0 Å². The molecule has 13 nitrogen and oxygen atoms in total. The minimum absolute atomic E-state index is 0.00354. The van der Waals surface area contributed by atoms with Crippen LogP contribution < -0.4 is 0 Å². The van der Waals surface area contributed by atoms with E-state index in [1.807, 2.05) is 32.8 Å². The van der Waals surface area contributed by atoms with E-state index in [4.69, 9.17) is 23.7 Å². The fourth-order valence-electron chi connectivity index (χ4n) is 8.77. The predicted octanol–water partition coefficient (Wildman–Crippen LogP) is 5.63. The molecule has 3 N–H and O–H groups in total. The molecule has 0 radical (unpaired) electrons. The summed E-state index contributed by atoms with van der Waals surface area (Å²) < 4.78 is 73.4. The molecule has 2 heterocycles. The van der Waals surface area contributed by atoms with Crippen LogP contribution in [0.25, 0.3) is 0 Å². The van der Waals surface area contributed by atoms with Gasteiger partial charge in [0.1, 0.15) is 41.4 Å². The van der Waals surface area contributed by atoms with Crippen LogP contribution in [0.15, 0.2) is 52.7 Å². The Bertz CT molecular complexity index is 1830. The molecule has 61 heavy (non-hydrogen) atoms. The van der Waals surface area contributed by atoms with E-state index < -0.39 is 107 Å². The van der Waals surface area contributed by atoms with Crippen LogP contribution in [0.3, 0.4) is 0 Å². The van der Waals surface area contributed by atoms with Gasteiger partial charge in [0.05, 0.1) is 42.5 Å². The van der Waals surface area contributed by atoms with Crippen molar-refractivity contribution in [2.75, 3.05) is 21.2 Å². The van der Waals surface area contributed by atoms with Gasteiger partial charge in [0.15, 0.2) is 6.29 Å². The maximum absolute atomic E-state index is 14.3. The molecule has 0 aliphatic carbocycles. The van der Waals surface area contributed by atoms with Gasteiger partial charge in [0.25, 0.3) is 0 Å². The van der Waals surface area contributed by atoms with E-state index in [1.54, 1.807) is 27.7 Å². The van der Waals surface area contributed by atoms with Crippen molar-refractivity contribution in [2.45, 2.75) is 141 Å². The summed E-state index contributed by atoms with van der Waals surface area (Å²) in [7, 11) is 5.12. The number of benzene rings is 2. The number of halogens is 3. The predicted molar refractivity (Wildman–Crippen MR) is 222 cm³/mol. The largest absolute Gasteiger partial charge is 0.461 e. The third-order valence-corrected chi connectivity index (χ3v) is 12.3. The number of rotatable bonds is 10. The van der Waals surface area contributed by atoms with Gasteiger partial charge in [-0.15, -0.1) is 0 Å². The van der Waals surface area contributed by atoms with Crippen LogP contribution in [0.5, 0.6) is 0 Å². The number of nitrogens with zero attached hydrogens (tertiary/aromatic N) is 3. The van der Waals surface area contributed by atoms with E-state index in [-0.39, 0.29) is 30.6 Å². The Morgan fingerprint density at radius 3 is 2.18 bits per heavy atom. The number of cyclic esters (lactones) is 1. The highest BCUT2D eigenvalue weighted by Crippen LogP contribution is 2.40. The highest BCUT2D eigenvalue weighted by atomic mass is 19.1. The molecule has 0 amide bonds. The van der Waals surface area contributed by atoms with Crippen molar-refractivity contribution in [1.29, 1.82) is 0 Å². The molecular formula is C45H64F3N3O10. The summed E-state index contributed by atoms with van der Waals surface area (Å²) in [5.74, 6) is -7.70. The molecular weight excluding hydrogens is 799 g/mol. The zero-order valence-electron chi connectivity index (χ0n) is 37.1. The Balaban J connectivity index is 1.91. The SMILES string of the molecule is CCC1OC(=O)C(C)C(OC(=O)Cc2cc(F)cc(F)c2)C(C)C(OC2OC(C)CC(N(C)C)C2O)C(C)(OC)CC(C)C(=NN=Cc2ccc(F)cc2)C(C)C(O)C1(C)O. The number of aliphatic hydroxyl groups excluding tert-OH is 2. The summed E-state index contributed by atoms with van der Waals surface area (Å²) in [5.41, 5.74) is -2.54. The molecule has 14 unspecified atom stereocenters. The highest BCUT2D eigenvalue weighted by Gasteiger charge is 2.52. The van der Waals surface area contributed by atoms with Crippen LogP contribution in [0.2, 0.25) is 0 Å². The van der Waals surface area contributed by atoms with Crippen molar-refractivity contribution in [1.82, 2.24) is 4.90 Å². The molecule has 0 aromatic heterocycles. The Morgan fingerprint density at radius 1 is 0.984 bits per heavy atom. The Hall–Kier alpha value is -3.77. The molecule has 4 rings (SSSR count). The summed E-state index contributed by atoms with van der Waals surface area (Å²) in [6, 6.07) is 7.91. The number of carbonyl (C=O) groups excluding carboxylic acids is 2. The van der Waals surface area contributed by atoms with Crippen molar-refractivity contribution in [3.8, 4) is 0 Å². The van der Waals surface area contributed by atoms with E-state index in [2.05, 4.69) is 10.2 Å². The average molecular weight is 864 g/mol. The van der Waals surface area contributed by atoms with Crippen LogP contribution in [0, 0.1) is 41.1 Å². The summed E-state index contributed by atoms with van der Waals surface area (Å²) in [4.78, 5) is 29.9. The maximum Gasteiger partial charge on any atom is 0.312 e. The number of esters is 2. The number of hydrogen-bond acceptors (Lipinski definition) is 13. The molecule has 2 aromatic rings. The van der Waals surface area contributed by atoms with Crippen LogP contribution in [0.4, 0.5) is 13.2 Å². The molecule has 2 fully saturated rings. The van der Waals surface area contributed by atoms with E-state index in [0.717, 1.165) is 12.1 Å². The number of hydrogen-bond donors (Lipinski definition) is 3. The Labute approximate surface area is 357 Å². The zero-order chi connectivity index (χ0) is 45.6. The van der Waals surface area contributed by atoms with E-state index >= 15 is 0 Å². The van der Waals surface area contributed by atoms with Gasteiger partial charge in [-0.1, -0.05) is 39.8 Å². The van der Waals surface area contributed by atoms with Gasteiger partial charge >= 0.3 is 11.9 Å². The van der Waals surface area contributed by atoms with Crippen molar-refractivity contribution >= 4 is 23.9 Å². The zero-order valence-corrected chi connectivity index (χ0v) is 37.1. The van der Waals surface area contributed by atoms with Crippen LogP contribution in [0.1, 0.15) is 85.8 Å². The van der Waals surface area contributed by atoms with Crippen molar-refractivity contribution in [3.63, 3.8) is 0 Å². The molecule has 2 saturated heterocycles. The molecule has 0 saturated carbocycles. The van der Waals surface area contributed by atoms with Crippen molar-refractivity contribution in [2.24, 2.45) is 33.9 Å². The first-order valence-corrected chi connectivity index (χ1v) is 20.8. The van der Waals surface area contributed by atoms with Gasteiger partial charge in [-0.3, -0.25) is 9.59 Å². The van der Waals surface area contributed by atoms with Crippen molar-refractivity contribution < 1.29 is 61.8 Å². The first-order chi connectivity index (χ1) is 28.5. The number of ether oxygens (including phenoxy) is 5. The third kappa shape index (κ3) is 12.2. The minimum Gasteiger partial charge on any atom is -0.461 e. The Morgan fingerprint density at radius 2 is 1.61 bits per heavy atom. The molecule has 2 aromatic carbocycles. The lowest BCUT2D eigenvalue weighted by molar-refractivity contribution is -0.301. The number of likely N-dealkylation sites (N-methyl/N-ethyl adjacent to an activating group) is 1. The van der Waals surface area contributed by atoms with E-state index in [9.17, 15) is 38.1 Å². The molecule has 0 bridgehead atoms. The second-order valence-electron chi connectivity index (χ2n) is 17.4. The number of aliphatic hydroxyl groups is 3. The second-order valence-corrected chi connectivity index (χ2v) is 17.4.